The van der Waals surface area contributed by atoms with E-state index < -0.39 is 58.7 Å². The summed E-state index contributed by atoms with van der Waals surface area (Å²) >= 11 is 0. The lowest BCUT2D eigenvalue weighted by Gasteiger charge is -2.38. The van der Waals surface area contributed by atoms with E-state index >= 15 is 0 Å². The Labute approximate surface area is 203 Å². The van der Waals surface area contributed by atoms with Crippen molar-refractivity contribution < 1.29 is 37.4 Å². The molecule has 0 amide bonds. The Morgan fingerprint density at radius 1 is 1.29 bits per heavy atom. The van der Waals surface area contributed by atoms with Gasteiger partial charge in [-0.1, -0.05) is 0 Å². The molecule has 35 heavy (non-hydrogen) atoms. The van der Waals surface area contributed by atoms with E-state index in [0.29, 0.717) is 0 Å². The second kappa shape index (κ2) is 13.2. The number of hydrogen-bond donors (Lipinski definition) is 3. The van der Waals surface area contributed by atoms with Gasteiger partial charge in [0, 0.05) is 31.5 Å². The summed E-state index contributed by atoms with van der Waals surface area (Å²) in [6.07, 6.45) is -2.79. The van der Waals surface area contributed by atoms with Crippen molar-refractivity contribution in [2.24, 2.45) is 0 Å². The van der Waals surface area contributed by atoms with Gasteiger partial charge in [-0.05, 0) is 27.7 Å². The van der Waals surface area contributed by atoms with E-state index in [1.165, 1.54) is 13.3 Å². The Bertz CT molecular complexity index is 1010. The molecular formula is C19H32N4O10P2. The molecule has 3 N–H and O–H groups in total. The first-order valence-corrected chi connectivity index (χ1v) is 13.5. The number of nitrogens with zero attached hydrogens (tertiary/aromatic N) is 3. The third kappa shape index (κ3) is 8.27. The Morgan fingerprint density at radius 2 is 1.94 bits per heavy atom. The lowest BCUT2D eigenvalue weighted by molar-refractivity contribution is -0.0620. The van der Waals surface area contributed by atoms with Crippen LogP contribution in [-0.4, -0.2) is 74.7 Å². The zero-order valence-corrected chi connectivity index (χ0v) is 21.9. The summed E-state index contributed by atoms with van der Waals surface area (Å²) in [5.41, 5.74) is -1.37. The summed E-state index contributed by atoms with van der Waals surface area (Å²) < 4.78 is 42.8. The minimum atomic E-state index is -4.85. The Balaban J connectivity index is 2.45. The van der Waals surface area contributed by atoms with Gasteiger partial charge in [0.1, 0.15) is 18.3 Å². The van der Waals surface area contributed by atoms with E-state index in [9.17, 15) is 23.9 Å². The van der Waals surface area contributed by atoms with E-state index in [1.807, 2.05) is 38.4 Å². The second-order valence-electron chi connectivity index (χ2n) is 8.19. The van der Waals surface area contributed by atoms with Gasteiger partial charge in [0.05, 0.1) is 25.7 Å². The van der Waals surface area contributed by atoms with Gasteiger partial charge in [-0.25, -0.2) is 14.0 Å². The molecule has 1 aromatic rings. The first-order valence-electron chi connectivity index (χ1n) is 10.8. The summed E-state index contributed by atoms with van der Waals surface area (Å²) in [4.78, 5) is 44.5. The summed E-state index contributed by atoms with van der Waals surface area (Å²) in [5, 5.41) is 8.93. The fraction of sp³-hybridized carbons (Fsp3) is 0.737. The van der Waals surface area contributed by atoms with Crippen molar-refractivity contribution in [1.29, 1.82) is 5.26 Å². The van der Waals surface area contributed by atoms with Crippen LogP contribution in [0, 0.1) is 11.3 Å². The molecule has 1 unspecified atom stereocenters. The van der Waals surface area contributed by atoms with E-state index in [2.05, 4.69) is 9.51 Å². The van der Waals surface area contributed by atoms with Crippen LogP contribution >= 0.6 is 16.3 Å². The zero-order valence-electron chi connectivity index (χ0n) is 20.1. The van der Waals surface area contributed by atoms with Gasteiger partial charge in [-0.3, -0.25) is 18.9 Å². The highest BCUT2D eigenvalue weighted by molar-refractivity contribution is 7.46. The molecule has 2 heterocycles. The van der Waals surface area contributed by atoms with Gasteiger partial charge in [0.2, 0.25) is 0 Å². The monoisotopic (exact) mass is 538 g/mol. The van der Waals surface area contributed by atoms with Crippen LogP contribution in [0.25, 0.3) is 0 Å². The molecule has 198 valence electrons. The fourth-order valence-corrected chi connectivity index (χ4v) is 5.75. The minimum absolute atomic E-state index is 0.0195. The highest BCUT2D eigenvalue weighted by Gasteiger charge is 2.50. The third-order valence-corrected chi connectivity index (χ3v) is 7.58. The highest BCUT2D eigenvalue weighted by Crippen LogP contribution is 2.50. The predicted octanol–water partition coefficient (Wildman–Crippen LogP) is 1.22. The molecule has 1 aromatic heterocycles. The van der Waals surface area contributed by atoms with E-state index in [1.54, 1.807) is 0 Å². The molecule has 14 nitrogen and oxygen atoms in total. The second-order valence-corrected chi connectivity index (χ2v) is 10.8. The number of phosphoric acid groups is 1. The molecule has 0 aliphatic carbocycles. The van der Waals surface area contributed by atoms with Crippen LogP contribution in [0.15, 0.2) is 21.9 Å². The standard InChI is InChI=1S/C19H32N4O10P2/c1-12(2)23(13(3)4)34(30-10-6-8-20)33-16-14(11-31-35(26,27)28)32-18(17(16)29-5)22-9-7-15(24)21-19(22)25/h7,9,12-14,16-18H,6,10-11H2,1-5H3,(H,21,24,25)(H2,26,27,28)/t14-,16+,17+,18-,34?/m1/s1. The topological polar surface area (TPSA) is 186 Å². The number of aromatic nitrogens is 2. The van der Waals surface area contributed by atoms with E-state index in [4.69, 9.17) is 23.8 Å². The van der Waals surface area contributed by atoms with Crippen molar-refractivity contribution in [3.63, 3.8) is 0 Å². The average molecular weight is 538 g/mol. The molecule has 1 fully saturated rings. The first-order chi connectivity index (χ1) is 16.4. The Kier molecular flexibility index (Phi) is 11.2. The molecule has 0 spiro atoms. The number of nitriles is 1. The summed E-state index contributed by atoms with van der Waals surface area (Å²) in [7, 11) is -5.29. The third-order valence-electron chi connectivity index (χ3n) is 4.96. The normalized spacial score (nSPS) is 23.8. The number of phosphoric ester groups is 1. The Hall–Kier alpha value is -1.49. The zero-order chi connectivity index (χ0) is 26.3. The number of aromatic amines is 1. The fourth-order valence-electron chi connectivity index (χ4n) is 3.64. The number of H-pyrrole nitrogens is 1. The van der Waals surface area contributed by atoms with E-state index in [0.717, 1.165) is 10.6 Å². The number of rotatable bonds is 13. The molecule has 0 saturated carbocycles. The molecule has 1 aliphatic rings. The van der Waals surface area contributed by atoms with Crippen molar-refractivity contribution in [1.82, 2.24) is 14.2 Å². The summed E-state index contributed by atoms with van der Waals surface area (Å²) in [6.45, 7) is 7.30. The van der Waals surface area contributed by atoms with Crippen molar-refractivity contribution in [2.75, 3.05) is 20.3 Å². The highest BCUT2D eigenvalue weighted by atomic mass is 31.2. The molecule has 0 aromatic carbocycles. The maximum atomic E-state index is 12.4. The van der Waals surface area contributed by atoms with Crippen LogP contribution in [0.3, 0.4) is 0 Å². The first kappa shape index (κ1) is 29.7. The van der Waals surface area contributed by atoms with Gasteiger partial charge in [0.25, 0.3) is 14.1 Å². The number of hydrogen-bond acceptors (Lipinski definition) is 10. The maximum Gasteiger partial charge on any atom is 0.469 e. The van der Waals surface area contributed by atoms with Crippen molar-refractivity contribution in [3.8, 4) is 6.07 Å². The van der Waals surface area contributed by atoms with Crippen LogP contribution in [0.4, 0.5) is 0 Å². The van der Waals surface area contributed by atoms with Gasteiger partial charge in [-0.2, -0.15) is 5.26 Å². The molecule has 2 rings (SSSR count). The molecule has 1 aliphatic heterocycles. The largest absolute Gasteiger partial charge is 0.469 e. The van der Waals surface area contributed by atoms with Crippen LogP contribution in [0.1, 0.15) is 40.3 Å². The lowest BCUT2D eigenvalue weighted by atomic mass is 10.1. The number of ether oxygens (including phenoxy) is 2. The van der Waals surface area contributed by atoms with Crippen molar-refractivity contribution in [3.05, 3.63) is 33.1 Å². The molecular weight excluding hydrogens is 506 g/mol. The molecule has 1 saturated heterocycles. The van der Waals surface area contributed by atoms with Crippen LogP contribution in [0.2, 0.25) is 0 Å². The quantitative estimate of drug-likeness (QED) is 0.241. The molecule has 16 heteroatoms. The van der Waals surface area contributed by atoms with Crippen LogP contribution < -0.4 is 11.2 Å². The molecule has 0 bridgehead atoms. The van der Waals surface area contributed by atoms with Crippen molar-refractivity contribution in [2.45, 2.75) is 70.7 Å². The van der Waals surface area contributed by atoms with Gasteiger partial charge in [0.15, 0.2) is 6.23 Å². The predicted molar refractivity (Wildman–Crippen MR) is 124 cm³/mol. The SMILES string of the molecule is CO[C@H]1[C@@H](OP(OCCC#N)N(C(C)C)C(C)C)[C@@H](COP(=O)(O)O)O[C@H]1n1ccc(=O)[nH]c1=O. The molecule has 5 atom stereocenters. The molecule has 0 radical (unpaired) electrons. The van der Waals surface area contributed by atoms with Gasteiger partial charge in [-0.15, -0.1) is 0 Å². The Morgan fingerprint density at radius 3 is 2.46 bits per heavy atom. The number of nitrogens with one attached hydrogen (secondary N) is 1. The summed E-state index contributed by atoms with van der Waals surface area (Å²) in [6, 6.07) is 3.10. The van der Waals surface area contributed by atoms with E-state index in [-0.39, 0.29) is 25.1 Å². The van der Waals surface area contributed by atoms with Crippen LogP contribution in [0.5, 0.6) is 0 Å². The smallest absolute Gasteiger partial charge is 0.374 e. The maximum absolute atomic E-state index is 12.4. The summed E-state index contributed by atoms with van der Waals surface area (Å²) in [5.74, 6) is 0. The minimum Gasteiger partial charge on any atom is -0.374 e. The average Bonchev–Trinajstić information content (AvgIpc) is 3.08. The lowest BCUT2D eigenvalue weighted by Crippen LogP contribution is -2.42. The van der Waals surface area contributed by atoms with Crippen LogP contribution in [-0.2, 0) is 27.6 Å². The van der Waals surface area contributed by atoms with Gasteiger partial charge < -0.3 is 28.3 Å². The van der Waals surface area contributed by atoms with Gasteiger partial charge >= 0.3 is 13.5 Å². The van der Waals surface area contributed by atoms with Crippen molar-refractivity contribution >= 4 is 16.3 Å². The number of methoxy groups -OCH3 is 1.